The van der Waals surface area contributed by atoms with Crippen LogP contribution in [0.2, 0.25) is 0 Å². The van der Waals surface area contributed by atoms with Crippen LogP contribution < -0.4 is 9.64 Å². The van der Waals surface area contributed by atoms with Gasteiger partial charge in [-0.2, -0.15) is 0 Å². The molecule has 1 heterocycles. The molecule has 7 heteroatoms. The van der Waals surface area contributed by atoms with Gasteiger partial charge in [0.15, 0.2) is 6.61 Å². The molecule has 1 aliphatic heterocycles. The van der Waals surface area contributed by atoms with E-state index in [-0.39, 0.29) is 38.0 Å². The van der Waals surface area contributed by atoms with Crippen molar-refractivity contribution in [1.82, 2.24) is 4.90 Å². The van der Waals surface area contributed by atoms with Crippen LogP contribution >= 0.6 is 0 Å². The maximum atomic E-state index is 12.1. The second-order valence-electron chi connectivity index (χ2n) is 4.99. The Bertz CT molecular complexity index is 585. The molecule has 0 saturated carbocycles. The average molecular weight is 306 g/mol. The van der Waals surface area contributed by atoms with Crippen molar-refractivity contribution in [3.05, 3.63) is 24.3 Å². The summed E-state index contributed by atoms with van der Waals surface area (Å²) in [5.74, 6) is -0.633. The van der Waals surface area contributed by atoms with Crippen molar-refractivity contribution in [1.29, 1.82) is 0 Å². The SMILES string of the molecule is CN(C)C(=O)COC(=O)CN1C(=O)CCOc2ccccc21. The fourth-order valence-electron chi connectivity index (χ4n) is 1.94. The molecule has 0 N–H and O–H groups in total. The Balaban J connectivity index is 2.05. The summed E-state index contributed by atoms with van der Waals surface area (Å²) < 4.78 is 10.4. The third-order valence-electron chi connectivity index (χ3n) is 3.17. The highest BCUT2D eigenvalue weighted by atomic mass is 16.5. The molecule has 22 heavy (non-hydrogen) atoms. The van der Waals surface area contributed by atoms with Crippen LogP contribution in [0.15, 0.2) is 24.3 Å². The van der Waals surface area contributed by atoms with E-state index in [4.69, 9.17) is 9.47 Å². The van der Waals surface area contributed by atoms with E-state index in [0.717, 1.165) is 0 Å². The number of likely N-dealkylation sites (N-methyl/N-ethyl adjacent to an activating group) is 1. The number of carbonyl (C=O) groups is 3. The van der Waals surface area contributed by atoms with Crippen LogP contribution in [0.4, 0.5) is 5.69 Å². The molecule has 2 rings (SSSR count). The Kier molecular flexibility index (Phi) is 4.98. The number of benzene rings is 1. The van der Waals surface area contributed by atoms with Gasteiger partial charge in [-0.3, -0.25) is 19.3 Å². The van der Waals surface area contributed by atoms with Gasteiger partial charge >= 0.3 is 5.97 Å². The first-order valence-corrected chi connectivity index (χ1v) is 6.87. The lowest BCUT2D eigenvalue weighted by molar-refractivity contribution is -0.150. The largest absolute Gasteiger partial charge is 0.491 e. The van der Waals surface area contributed by atoms with E-state index >= 15 is 0 Å². The third kappa shape index (κ3) is 3.75. The summed E-state index contributed by atoms with van der Waals surface area (Å²) in [6, 6.07) is 6.99. The number of hydrogen-bond acceptors (Lipinski definition) is 5. The molecule has 118 valence electrons. The third-order valence-corrected chi connectivity index (χ3v) is 3.17. The first kappa shape index (κ1) is 15.8. The minimum absolute atomic E-state index is 0.179. The summed E-state index contributed by atoms with van der Waals surface area (Å²) in [5, 5.41) is 0. The van der Waals surface area contributed by atoms with Crippen molar-refractivity contribution in [2.45, 2.75) is 6.42 Å². The van der Waals surface area contributed by atoms with Gasteiger partial charge in [0.2, 0.25) is 5.91 Å². The van der Waals surface area contributed by atoms with Crippen molar-refractivity contribution in [3.63, 3.8) is 0 Å². The molecule has 7 nitrogen and oxygen atoms in total. The predicted octanol–water partition coefficient (Wildman–Crippen LogP) is 0.434. The fourth-order valence-corrected chi connectivity index (χ4v) is 1.94. The van der Waals surface area contributed by atoms with E-state index in [2.05, 4.69) is 0 Å². The summed E-state index contributed by atoms with van der Waals surface area (Å²) in [4.78, 5) is 38.1. The van der Waals surface area contributed by atoms with Crippen LogP contribution in [-0.4, -0.2) is 56.5 Å². The predicted molar refractivity (Wildman–Crippen MR) is 78.6 cm³/mol. The van der Waals surface area contributed by atoms with Crippen LogP contribution in [0.1, 0.15) is 6.42 Å². The quantitative estimate of drug-likeness (QED) is 0.754. The Morgan fingerprint density at radius 3 is 2.77 bits per heavy atom. The molecule has 0 saturated heterocycles. The molecule has 0 aliphatic carbocycles. The van der Waals surface area contributed by atoms with E-state index in [9.17, 15) is 14.4 Å². The molecule has 0 aromatic heterocycles. The number of ether oxygens (including phenoxy) is 2. The first-order valence-electron chi connectivity index (χ1n) is 6.87. The van der Waals surface area contributed by atoms with Gasteiger partial charge in [-0.1, -0.05) is 12.1 Å². The molecular formula is C15H18N2O5. The van der Waals surface area contributed by atoms with E-state index in [1.165, 1.54) is 9.80 Å². The van der Waals surface area contributed by atoms with E-state index < -0.39 is 5.97 Å². The van der Waals surface area contributed by atoms with Gasteiger partial charge in [0, 0.05) is 14.1 Å². The zero-order chi connectivity index (χ0) is 16.1. The summed E-state index contributed by atoms with van der Waals surface area (Å²) >= 11 is 0. The van der Waals surface area contributed by atoms with Gasteiger partial charge in [0.05, 0.1) is 18.7 Å². The lowest BCUT2D eigenvalue weighted by atomic mass is 10.2. The Morgan fingerprint density at radius 2 is 2.05 bits per heavy atom. The fraction of sp³-hybridized carbons (Fsp3) is 0.400. The number of anilines is 1. The van der Waals surface area contributed by atoms with Gasteiger partial charge < -0.3 is 14.4 Å². The van der Waals surface area contributed by atoms with Crippen LogP contribution in [0.25, 0.3) is 0 Å². The number of carbonyl (C=O) groups excluding carboxylic acids is 3. The molecule has 0 fully saturated rings. The monoisotopic (exact) mass is 306 g/mol. The number of hydrogen-bond donors (Lipinski definition) is 0. The first-order chi connectivity index (χ1) is 10.5. The van der Waals surface area contributed by atoms with Crippen molar-refractivity contribution in [2.24, 2.45) is 0 Å². The molecule has 1 aliphatic rings. The maximum Gasteiger partial charge on any atom is 0.326 e. The summed E-state index contributed by atoms with van der Waals surface area (Å²) in [7, 11) is 3.14. The Morgan fingerprint density at radius 1 is 1.32 bits per heavy atom. The zero-order valence-corrected chi connectivity index (χ0v) is 12.6. The number of esters is 1. The van der Waals surface area contributed by atoms with Gasteiger partial charge in [0.25, 0.3) is 5.91 Å². The number of nitrogens with zero attached hydrogens (tertiary/aromatic N) is 2. The lowest BCUT2D eigenvalue weighted by Crippen LogP contribution is -2.37. The van der Waals surface area contributed by atoms with Crippen LogP contribution in [0.3, 0.4) is 0 Å². The van der Waals surface area contributed by atoms with E-state index in [0.29, 0.717) is 11.4 Å². The molecule has 0 radical (unpaired) electrons. The summed E-state index contributed by atoms with van der Waals surface area (Å²) in [6.45, 7) is -0.327. The van der Waals surface area contributed by atoms with Gasteiger partial charge in [-0.05, 0) is 12.1 Å². The number of fused-ring (bicyclic) bond motifs is 1. The summed E-state index contributed by atoms with van der Waals surface area (Å²) in [5.41, 5.74) is 0.529. The molecule has 0 bridgehead atoms. The van der Waals surface area contributed by atoms with Crippen molar-refractivity contribution in [3.8, 4) is 5.75 Å². The van der Waals surface area contributed by atoms with E-state index in [1.54, 1.807) is 38.4 Å². The standard InChI is InChI=1S/C15H18N2O5/c1-16(2)14(19)10-22-15(20)9-17-11-5-3-4-6-12(11)21-8-7-13(17)18/h3-6H,7-10H2,1-2H3. The highest BCUT2D eigenvalue weighted by Crippen LogP contribution is 2.30. The van der Waals surface area contributed by atoms with Crippen molar-refractivity contribution in [2.75, 3.05) is 38.8 Å². The second-order valence-corrected chi connectivity index (χ2v) is 4.99. The van der Waals surface area contributed by atoms with Crippen LogP contribution in [0.5, 0.6) is 5.75 Å². The van der Waals surface area contributed by atoms with Crippen molar-refractivity contribution < 1.29 is 23.9 Å². The number of rotatable bonds is 4. The van der Waals surface area contributed by atoms with Crippen molar-refractivity contribution >= 4 is 23.5 Å². The minimum atomic E-state index is -0.639. The number of para-hydroxylation sites is 2. The lowest BCUT2D eigenvalue weighted by Gasteiger charge is -2.21. The molecule has 1 aromatic rings. The average Bonchev–Trinajstić information content (AvgIpc) is 2.65. The molecule has 0 unspecified atom stereocenters. The van der Waals surface area contributed by atoms with E-state index in [1.807, 2.05) is 0 Å². The molecular weight excluding hydrogens is 288 g/mol. The van der Waals surface area contributed by atoms with Crippen LogP contribution in [-0.2, 0) is 19.1 Å². The number of amides is 2. The second kappa shape index (κ2) is 6.93. The normalized spacial score (nSPS) is 13.7. The topological polar surface area (TPSA) is 76.2 Å². The molecule has 0 spiro atoms. The zero-order valence-electron chi connectivity index (χ0n) is 12.6. The molecule has 2 amide bonds. The maximum absolute atomic E-state index is 12.1. The minimum Gasteiger partial charge on any atom is -0.491 e. The highest BCUT2D eigenvalue weighted by Gasteiger charge is 2.25. The smallest absolute Gasteiger partial charge is 0.326 e. The van der Waals surface area contributed by atoms with Crippen LogP contribution in [0, 0.1) is 0 Å². The van der Waals surface area contributed by atoms with Gasteiger partial charge in [0.1, 0.15) is 12.3 Å². The highest BCUT2D eigenvalue weighted by molar-refractivity contribution is 5.99. The summed E-state index contributed by atoms with van der Waals surface area (Å²) in [6.07, 6.45) is 0.179. The van der Waals surface area contributed by atoms with Gasteiger partial charge in [-0.15, -0.1) is 0 Å². The Labute approximate surface area is 128 Å². The molecule has 1 aromatic carbocycles. The van der Waals surface area contributed by atoms with Gasteiger partial charge in [-0.25, -0.2) is 0 Å². The Hall–Kier alpha value is -2.57. The molecule has 0 atom stereocenters.